The number of hydrogen-bond acceptors (Lipinski definition) is 4. The maximum atomic E-state index is 9.91. The van der Waals surface area contributed by atoms with Crippen LogP contribution in [0, 0.1) is 11.3 Å². The fourth-order valence-electron chi connectivity index (χ4n) is 4.09. The Balaban J connectivity index is 1.87. The number of nitrogens with zero attached hydrogens (tertiary/aromatic N) is 1. The van der Waals surface area contributed by atoms with Gasteiger partial charge in [0.25, 0.3) is 0 Å². The quantitative estimate of drug-likeness (QED) is 0.449. The highest BCUT2D eigenvalue weighted by Gasteiger charge is 2.30. The van der Waals surface area contributed by atoms with Crippen molar-refractivity contribution in [2.24, 2.45) is 0 Å². The van der Waals surface area contributed by atoms with Crippen LogP contribution in [0.1, 0.15) is 43.2 Å². The molecule has 29 heavy (non-hydrogen) atoms. The third-order valence-electron chi connectivity index (χ3n) is 6.03. The van der Waals surface area contributed by atoms with Gasteiger partial charge in [-0.05, 0) is 38.5 Å². The minimum absolute atomic E-state index is 0.617. The molecule has 0 aliphatic carbocycles. The average molecular weight is 400 g/mol. The van der Waals surface area contributed by atoms with Crippen molar-refractivity contribution in [3.05, 3.63) is 40.8 Å². The van der Waals surface area contributed by atoms with Crippen molar-refractivity contribution in [1.29, 1.82) is 5.26 Å². The Hall–Kier alpha value is -2.56. The topological polar surface area (TPSA) is 84.0 Å². The van der Waals surface area contributed by atoms with E-state index in [4.69, 9.17) is 4.42 Å². The van der Waals surface area contributed by atoms with Gasteiger partial charge in [-0.3, -0.25) is 10.6 Å². The van der Waals surface area contributed by atoms with Gasteiger partial charge < -0.3 is 14.2 Å². The van der Waals surface area contributed by atoms with Crippen LogP contribution in [0.15, 0.2) is 22.8 Å². The fourth-order valence-corrected chi connectivity index (χ4v) is 4.09. The minimum Gasteiger partial charge on any atom is -0.466 e. The Morgan fingerprint density at radius 2 is 2.03 bits per heavy atom. The van der Waals surface area contributed by atoms with Gasteiger partial charge in [0.2, 0.25) is 11.6 Å². The molecular weight excluding hydrogens is 364 g/mol. The SMILES string of the molecule is CC[NH+](CC)CCNc1[nH+]c(NCc2ccco2)c2c(c1C#N)CC[NH+](CC)C2. The van der Waals surface area contributed by atoms with E-state index in [1.54, 1.807) is 16.1 Å². The number of rotatable bonds is 10. The molecule has 0 aromatic carbocycles. The second kappa shape index (κ2) is 10.3. The lowest BCUT2D eigenvalue weighted by molar-refractivity contribution is -0.914. The fraction of sp³-hybridized carbons (Fsp3) is 0.545. The molecule has 2 aromatic rings. The summed E-state index contributed by atoms with van der Waals surface area (Å²) in [5.74, 6) is 2.73. The Bertz CT molecular complexity index is 823. The Labute approximate surface area is 173 Å². The molecule has 3 heterocycles. The lowest BCUT2D eigenvalue weighted by atomic mass is 9.95. The molecule has 0 amide bonds. The van der Waals surface area contributed by atoms with Crippen LogP contribution in [0.4, 0.5) is 11.6 Å². The number of nitriles is 1. The molecule has 1 unspecified atom stereocenters. The summed E-state index contributed by atoms with van der Waals surface area (Å²) in [5.41, 5.74) is 3.19. The molecule has 0 spiro atoms. The van der Waals surface area contributed by atoms with Gasteiger partial charge in [-0.15, -0.1) is 0 Å². The first-order chi connectivity index (χ1) is 14.2. The number of anilines is 2. The van der Waals surface area contributed by atoms with Gasteiger partial charge in [-0.1, -0.05) is 0 Å². The van der Waals surface area contributed by atoms with Crippen molar-refractivity contribution < 1.29 is 19.2 Å². The molecule has 0 bridgehead atoms. The van der Waals surface area contributed by atoms with E-state index < -0.39 is 0 Å². The number of fused-ring (bicyclic) bond motifs is 1. The Kier molecular flexibility index (Phi) is 7.50. The maximum Gasteiger partial charge on any atom is 0.237 e. The van der Waals surface area contributed by atoms with Crippen LogP contribution in [0.25, 0.3) is 0 Å². The van der Waals surface area contributed by atoms with Crippen molar-refractivity contribution in [2.75, 3.05) is 49.9 Å². The molecule has 0 saturated heterocycles. The van der Waals surface area contributed by atoms with Gasteiger partial charge in [-0.2, -0.15) is 5.26 Å². The van der Waals surface area contributed by atoms with Crippen molar-refractivity contribution in [1.82, 2.24) is 0 Å². The first kappa shape index (κ1) is 21.2. The predicted octanol–water partition coefficient (Wildman–Crippen LogP) is -0.125. The summed E-state index contributed by atoms with van der Waals surface area (Å²) in [4.78, 5) is 6.59. The standard InChI is InChI=1S/C22H32N6O/c1-4-27(5-2)12-10-24-21-19(14-23)18-9-11-28(6-3)16-20(18)22(26-21)25-15-17-8-7-13-29-17/h7-8,13H,4-6,9-12,15-16H2,1-3H3,(H2,24,25,26)/p+3. The summed E-state index contributed by atoms with van der Waals surface area (Å²) in [6.45, 7) is 14.5. The van der Waals surface area contributed by atoms with Gasteiger partial charge in [-0.25, -0.2) is 4.98 Å². The lowest BCUT2D eigenvalue weighted by Gasteiger charge is -2.26. The molecule has 7 nitrogen and oxygen atoms in total. The van der Waals surface area contributed by atoms with Crippen LogP contribution in [0.5, 0.6) is 0 Å². The summed E-state index contributed by atoms with van der Waals surface area (Å²) in [5, 5.41) is 16.9. The van der Waals surface area contributed by atoms with Gasteiger partial charge >= 0.3 is 0 Å². The lowest BCUT2D eigenvalue weighted by Crippen LogP contribution is -3.12. The number of furan rings is 1. The first-order valence-electron chi connectivity index (χ1n) is 10.9. The predicted molar refractivity (Wildman–Crippen MR) is 113 cm³/mol. The highest BCUT2D eigenvalue weighted by Crippen LogP contribution is 2.25. The molecule has 3 rings (SSSR count). The average Bonchev–Trinajstić information content (AvgIpc) is 3.28. The molecule has 1 aliphatic rings. The monoisotopic (exact) mass is 399 g/mol. The summed E-state index contributed by atoms with van der Waals surface area (Å²) in [7, 11) is 0. The number of aromatic amines is 1. The minimum atomic E-state index is 0.617. The highest BCUT2D eigenvalue weighted by atomic mass is 16.3. The van der Waals surface area contributed by atoms with Gasteiger partial charge in [0, 0.05) is 6.42 Å². The number of quaternary nitrogens is 2. The van der Waals surface area contributed by atoms with E-state index >= 15 is 0 Å². The molecule has 0 fully saturated rings. The molecule has 1 aliphatic heterocycles. The van der Waals surface area contributed by atoms with Crippen LogP contribution in [0.2, 0.25) is 0 Å². The summed E-state index contributed by atoms with van der Waals surface area (Å²) >= 11 is 0. The summed E-state index contributed by atoms with van der Waals surface area (Å²) < 4.78 is 5.48. The van der Waals surface area contributed by atoms with E-state index in [1.807, 2.05) is 12.1 Å². The molecule has 156 valence electrons. The maximum absolute atomic E-state index is 9.91. The molecule has 2 aromatic heterocycles. The number of hydrogen-bond donors (Lipinski definition) is 4. The van der Waals surface area contributed by atoms with E-state index in [0.717, 1.165) is 75.2 Å². The number of aromatic nitrogens is 1. The van der Waals surface area contributed by atoms with E-state index in [0.29, 0.717) is 6.54 Å². The Morgan fingerprint density at radius 3 is 2.69 bits per heavy atom. The first-order valence-corrected chi connectivity index (χ1v) is 10.9. The number of likely N-dealkylation sites (N-methyl/N-ethyl adjacent to an activating group) is 2. The smallest absolute Gasteiger partial charge is 0.237 e. The zero-order valence-electron chi connectivity index (χ0n) is 18.0. The normalized spacial score (nSPS) is 15.8. The molecule has 7 heteroatoms. The van der Waals surface area contributed by atoms with Crippen molar-refractivity contribution >= 4 is 11.6 Å². The largest absolute Gasteiger partial charge is 0.466 e. The van der Waals surface area contributed by atoms with Crippen LogP contribution in [0.3, 0.4) is 0 Å². The Morgan fingerprint density at radius 1 is 1.21 bits per heavy atom. The number of H-pyrrole nitrogens is 1. The third-order valence-corrected chi connectivity index (χ3v) is 6.03. The van der Waals surface area contributed by atoms with E-state index in [-0.39, 0.29) is 0 Å². The van der Waals surface area contributed by atoms with Crippen LogP contribution in [-0.4, -0.2) is 39.3 Å². The van der Waals surface area contributed by atoms with Gasteiger partial charge in [0.15, 0.2) is 0 Å². The highest BCUT2D eigenvalue weighted by molar-refractivity contribution is 5.60. The van der Waals surface area contributed by atoms with Crippen molar-refractivity contribution in [2.45, 2.75) is 40.3 Å². The third kappa shape index (κ3) is 5.08. The molecule has 0 radical (unpaired) electrons. The van der Waals surface area contributed by atoms with Crippen molar-refractivity contribution in [3.63, 3.8) is 0 Å². The molecule has 0 saturated carbocycles. The second-order valence-corrected chi connectivity index (χ2v) is 7.67. The molecule has 5 N–H and O–H groups in total. The van der Waals surface area contributed by atoms with Crippen molar-refractivity contribution in [3.8, 4) is 6.07 Å². The molecular formula is C22H35N6O+3. The molecule has 1 atom stereocenters. The van der Waals surface area contributed by atoms with E-state index in [2.05, 4.69) is 42.5 Å². The van der Waals surface area contributed by atoms with Gasteiger partial charge in [0.05, 0.1) is 38.0 Å². The second-order valence-electron chi connectivity index (χ2n) is 7.67. The summed E-state index contributed by atoms with van der Waals surface area (Å²) in [6.07, 6.45) is 2.63. The zero-order chi connectivity index (χ0) is 20.6. The van der Waals surface area contributed by atoms with Crippen LogP contribution < -0.4 is 25.4 Å². The number of pyridine rings is 1. The van der Waals surface area contributed by atoms with Crippen LogP contribution in [-0.2, 0) is 19.5 Å². The van der Waals surface area contributed by atoms with E-state index in [1.165, 1.54) is 11.1 Å². The van der Waals surface area contributed by atoms with Gasteiger partial charge in [0.1, 0.15) is 43.6 Å². The number of nitrogens with one attached hydrogen (secondary N) is 5. The zero-order valence-corrected chi connectivity index (χ0v) is 18.0. The van der Waals surface area contributed by atoms with Crippen LogP contribution >= 0.6 is 0 Å². The summed E-state index contributed by atoms with van der Waals surface area (Å²) in [6, 6.07) is 6.34. The van der Waals surface area contributed by atoms with E-state index in [9.17, 15) is 5.26 Å².